The number of rotatable bonds is 5. The fourth-order valence-electron chi connectivity index (χ4n) is 1.33. The molecule has 15 heavy (non-hydrogen) atoms. The topological polar surface area (TPSA) is 62.5 Å². The highest BCUT2D eigenvalue weighted by Gasteiger charge is 2.11. The summed E-state index contributed by atoms with van der Waals surface area (Å²) in [5.74, 6) is 0.398. The molecule has 84 valence electrons. The zero-order chi connectivity index (χ0) is 11.3. The number of furan rings is 1. The molecule has 0 aliphatic rings. The predicted molar refractivity (Wildman–Crippen MR) is 56.5 cm³/mol. The zero-order valence-corrected chi connectivity index (χ0v) is 9.06. The molecular formula is C11H17NO3. The number of carbonyl (C=O) groups is 1. The molecule has 4 heteroatoms. The van der Waals surface area contributed by atoms with Crippen LogP contribution in [0.2, 0.25) is 0 Å². The Morgan fingerprint density at radius 2 is 2.33 bits per heavy atom. The van der Waals surface area contributed by atoms with E-state index in [9.17, 15) is 9.90 Å². The number of hydrogen-bond donors (Lipinski definition) is 2. The second kappa shape index (κ2) is 5.56. The highest BCUT2D eigenvalue weighted by Crippen LogP contribution is 2.04. The molecule has 0 spiro atoms. The van der Waals surface area contributed by atoms with E-state index in [0.29, 0.717) is 12.3 Å². The van der Waals surface area contributed by atoms with Crippen molar-refractivity contribution in [3.8, 4) is 0 Å². The molecule has 1 amide bonds. The van der Waals surface area contributed by atoms with Gasteiger partial charge >= 0.3 is 0 Å². The van der Waals surface area contributed by atoms with Crippen molar-refractivity contribution in [3.05, 3.63) is 24.2 Å². The molecule has 0 radical (unpaired) electrons. The van der Waals surface area contributed by atoms with Crippen molar-refractivity contribution < 1.29 is 14.3 Å². The van der Waals surface area contributed by atoms with Crippen molar-refractivity contribution in [2.24, 2.45) is 5.92 Å². The van der Waals surface area contributed by atoms with Crippen molar-refractivity contribution >= 4 is 5.91 Å². The molecule has 2 N–H and O–H groups in total. The van der Waals surface area contributed by atoms with Crippen LogP contribution in [0.3, 0.4) is 0 Å². The van der Waals surface area contributed by atoms with Crippen molar-refractivity contribution in [3.63, 3.8) is 0 Å². The summed E-state index contributed by atoms with van der Waals surface area (Å²) in [5, 5.41) is 12.1. The number of aliphatic hydroxyl groups excluding tert-OH is 1. The summed E-state index contributed by atoms with van der Waals surface area (Å²) in [7, 11) is 0. The first-order valence-electron chi connectivity index (χ1n) is 5.09. The summed E-state index contributed by atoms with van der Waals surface area (Å²) in [6.07, 6.45) is 1.63. The molecule has 1 rings (SSSR count). The molecule has 1 heterocycles. The van der Waals surface area contributed by atoms with E-state index in [2.05, 4.69) is 5.32 Å². The lowest BCUT2D eigenvalue weighted by molar-refractivity contribution is 0.0874. The lowest BCUT2D eigenvalue weighted by atomic mass is 10.1. The SMILES string of the molecule is CC(C)CC(O)CNC(=O)c1ccco1. The van der Waals surface area contributed by atoms with Gasteiger partial charge in [-0.05, 0) is 24.5 Å². The summed E-state index contributed by atoms with van der Waals surface area (Å²) in [4.78, 5) is 11.4. The minimum absolute atomic E-state index is 0.262. The van der Waals surface area contributed by atoms with Crippen LogP contribution >= 0.6 is 0 Å². The van der Waals surface area contributed by atoms with Crippen LogP contribution in [0.1, 0.15) is 30.8 Å². The third-order valence-corrected chi connectivity index (χ3v) is 1.99. The van der Waals surface area contributed by atoms with Crippen LogP contribution in [-0.4, -0.2) is 23.7 Å². The quantitative estimate of drug-likeness (QED) is 0.774. The fraction of sp³-hybridized carbons (Fsp3) is 0.545. The van der Waals surface area contributed by atoms with Crippen molar-refractivity contribution in [2.75, 3.05) is 6.54 Å². The first kappa shape index (κ1) is 11.8. The average Bonchev–Trinajstić information content (AvgIpc) is 2.65. The highest BCUT2D eigenvalue weighted by molar-refractivity contribution is 5.91. The molecule has 1 aromatic heterocycles. The summed E-state index contributed by atoms with van der Waals surface area (Å²) < 4.78 is 4.91. The molecule has 0 aliphatic heterocycles. The van der Waals surface area contributed by atoms with E-state index in [1.165, 1.54) is 6.26 Å². The Labute approximate surface area is 89.3 Å². The van der Waals surface area contributed by atoms with Crippen LogP contribution in [-0.2, 0) is 0 Å². The van der Waals surface area contributed by atoms with Gasteiger partial charge in [0.1, 0.15) is 0 Å². The lowest BCUT2D eigenvalue weighted by Gasteiger charge is -2.13. The smallest absolute Gasteiger partial charge is 0.287 e. The Morgan fingerprint density at radius 3 is 2.87 bits per heavy atom. The molecule has 4 nitrogen and oxygen atoms in total. The van der Waals surface area contributed by atoms with Gasteiger partial charge in [-0.2, -0.15) is 0 Å². The minimum Gasteiger partial charge on any atom is -0.459 e. The van der Waals surface area contributed by atoms with Gasteiger partial charge < -0.3 is 14.8 Å². The molecule has 1 unspecified atom stereocenters. The average molecular weight is 211 g/mol. The third kappa shape index (κ3) is 4.16. The van der Waals surface area contributed by atoms with Crippen molar-refractivity contribution in [1.29, 1.82) is 0 Å². The second-order valence-corrected chi connectivity index (χ2v) is 3.97. The number of carbonyl (C=O) groups excluding carboxylic acids is 1. The monoisotopic (exact) mass is 211 g/mol. The summed E-state index contributed by atoms with van der Waals surface area (Å²) in [6, 6.07) is 3.24. The first-order chi connectivity index (χ1) is 7.09. The maximum atomic E-state index is 11.4. The summed E-state index contributed by atoms with van der Waals surface area (Å²) in [6.45, 7) is 4.31. The number of amides is 1. The molecule has 0 fully saturated rings. The molecular weight excluding hydrogens is 194 g/mol. The summed E-state index contributed by atoms with van der Waals surface area (Å²) >= 11 is 0. The van der Waals surface area contributed by atoms with E-state index in [4.69, 9.17) is 4.42 Å². The Hall–Kier alpha value is -1.29. The van der Waals surface area contributed by atoms with Gasteiger partial charge in [0.05, 0.1) is 12.4 Å². The van der Waals surface area contributed by atoms with Gasteiger partial charge in [0, 0.05) is 6.54 Å². The predicted octanol–water partition coefficient (Wildman–Crippen LogP) is 1.42. The Balaban J connectivity index is 2.28. The van der Waals surface area contributed by atoms with Gasteiger partial charge in [0.2, 0.25) is 0 Å². The largest absolute Gasteiger partial charge is 0.459 e. The van der Waals surface area contributed by atoms with Gasteiger partial charge in [-0.1, -0.05) is 13.8 Å². The number of aliphatic hydroxyl groups is 1. The maximum Gasteiger partial charge on any atom is 0.287 e. The van der Waals surface area contributed by atoms with E-state index in [-0.39, 0.29) is 18.2 Å². The first-order valence-corrected chi connectivity index (χ1v) is 5.09. The van der Waals surface area contributed by atoms with E-state index < -0.39 is 6.10 Å². The van der Waals surface area contributed by atoms with Crippen LogP contribution in [0, 0.1) is 5.92 Å². The van der Waals surface area contributed by atoms with Crippen LogP contribution in [0.4, 0.5) is 0 Å². The fourth-order valence-corrected chi connectivity index (χ4v) is 1.33. The van der Waals surface area contributed by atoms with Gasteiger partial charge in [-0.3, -0.25) is 4.79 Å². The van der Waals surface area contributed by atoms with Gasteiger partial charge in [-0.25, -0.2) is 0 Å². The van der Waals surface area contributed by atoms with E-state index in [0.717, 1.165) is 0 Å². The van der Waals surface area contributed by atoms with Gasteiger partial charge in [0.25, 0.3) is 5.91 Å². The van der Waals surface area contributed by atoms with Crippen LogP contribution < -0.4 is 5.32 Å². The molecule has 0 saturated heterocycles. The molecule has 1 aromatic rings. The highest BCUT2D eigenvalue weighted by atomic mass is 16.3. The third-order valence-electron chi connectivity index (χ3n) is 1.99. The molecule has 0 aromatic carbocycles. The van der Waals surface area contributed by atoms with Crippen LogP contribution in [0.25, 0.3) is 0 Å². The van der Waals surface area contributed by atoms with Gasteiger partial charge in [0.15, 0.2) is 5.76 Å². The molecule has 0 bridgehead atoms. The van der Waals surface area contributed by atoms with Crippen LogP contribution in [0.15, 0.2) is 22.8 Å². The molecule has 0 aliphatic carbocycles. The van der Waals surface area contributed by atoms with Crippen molar-refractivity contribution in [1.82, 2.24) is 5.32 Å². The standard InChI is InChI=1S/C11H17NO3/c1-8(2)6-9(13)7-12-11(14)10-4-3-5-15-10/h3-5,8-9,13H,6-7H2,1-2H3,(H,12,14). The second-order valence-electron chi connectivity index (χ2n) is 3.97. The maximum absolute atomic E-state index is 11.4. The van der Waals surface area contributed by atoms with E-state index >= 15 is 0 Å². The van der Waals surface area contributed by atoms with Crippen molar-refractivity contribution in [2.45, 2.75) is 26.4 Å². The normalized spacial score (nSPS) is 12.8. The summed E-state index contributed by atoms with van der Waals surface area (Å²) in [5.41, 5.74) is 0. The Bertz CT molecular complexity index is 293. The van der Waals surface area contributed by atoms with E-state index in [1.54, 1.807) is 12.1 Å². The number of hydrogen-bond acceptors (Lipinski definition) is 3. The zero-order valence-electron chi connectivity index (χ0n) is 9.06. The Morgan fingerprint density at radius 1 is 1.60 bits per heavy atom. The molecule has 1 atom stereocenters. The Kier molecular flexibility index (Phi) is 4.37. The van der Waals surface area contributed by atoms with E-state index in [1.807, 2.05) is 13.8 Å². The number of nitrogens with one attached hydrogen (secondary N) is 1. The van der Waals surface area contributed by atoms with Crippen LogP contribution in [0.5, 0.6) is 0 Å². The lowest BCUT2D eigenvalue weighted by Crippen LogP contribution is -2.32. The molecule has 0 saturated carbocycles. The minimum atomic E-state index is -0.496. The van der Waals surface area contributed by atoms with Gasteiger partial charge in [-0.15, -0.1) is 0 Å².